The van der Waals surface area contributed by atoms with Crippen LogP contribution in [0, 0.1) is 0 Å². The highest BCUT2D eigenvalue weighted by atomic mass is 16.5. The van der Waals surface area contributed by atoms with Crippen LogP contribution in [0.5, 0.6) is 0 Å². The summed E-state index contributed by atoms with van der Waals surface area (Å²) in [5.74, 6) is 2.47. The first-order valence-corrected chi connectivity index (χ1v) is 7.46. The molecule has 3 heterocycles. The van der Waals surface area contributed by atoms with Crippen LogP contribution in [0.1, 0.15) is 50.7 Å². The number of carbonyl (C=O) groups excluding carboxylic acids is 1. The molecule has 1 aromatic heterocycles. The Morgan fingerprint density at radius 3 is 2.95 bits per heavy atom. The summed E-state index contributed by atoms with van der Waals surface area (Å²) < 4.78 is 7.69. The Hall–Kier alpha value is -1.43. The number of ether oxygens (including phenoxy) is 1. The molecule has 0 N–H and O–H groups in total. The van der Waals surface area contributed by atoms with E-state index in [-0.39, 0.29) is 12.0 Å². The van der Waals surface area contributed by atoms with Crippen molar-refractivity contribution >= 4 is 5.91 Å². The molecule has 0 spiro atoms. The zero-order chi connectivity index (χ0) is 14.1. The molecule has 20 heavy (non-hydrogen) atoms. The van der Waals surface area contributed by atoms with Gasteiger partial charge in [-0.1, -0.05) is 13.8 Å². The minimum absolute atomic E-state index is 0.119. The number of nitrogens with zero attached hydrogens (tertiary/aromatic N) is 4. The van der Waals surface area contributed by atoms with E-state index in [2.05, 4.69) is 28.6 Å². The lowest BCUT2D eigenvalue weighted by molar-refractivity contribution is -0.135. The molecule has 2 aliphatic rings. The molecule has 2 aliphatic heterocycles. The fraction of sp³-hybridized carbons (Fsp3) is 0.786. The third-order valence-electron chi connectivity index (χ3n) is 4.08. The molecule has 0 aromatic carbocycles. The Labute approximate surface area is 119 Å². The van der Waals surface area contributed by atoms with Gasteiger partial charge in [0.2, 0.25) is 5.91 Å². The zero-order valence-electron chi connectivity index (χ0n) is 12.2. The lowest BCUT2D eigenvalue weighted by atomic mass is 10.1. The van der Waals surface area contributed by atoms with Crippen molar-refractivity contribution in [3.05, 3.63) is 11.6 Å². The Balaban J connectivity index is 1.64. The summed E-state index contributed by atoms with van der Waals surface area (Å²) in [5.41, 5.74) is 0. The quantitative estimate of drug-likeness (QED) is 0.836. The van der Waals surface area contributed by atoms with Gasteiger partial charge in [0.25, 0.3) is 0 Å². The highest BCUT2D eigenvalue weighted by Crippen LogP contribution is 2.21. The van der Waals surface area contributed by atoms with Crippen LogP contribution < -0.4 is 0 Å². The summed E-state index contributed by atoms with van der Waals surface area (Å²) in [6.45, 7) is 7.15. The first kappa shape index (κ1) is 13.5. The Bertz CT molecular complexity index is 491. The highest BCUT2D eigenvalue weighted by Gasteiger charge is 2.27. The molecule has 6 nitrogen and oxygen atoms in total. The normalized spacial score (nSPS) is 22.4. The molecule has 0 bridgehead atoms. The van der Waals surface area contributed by atoms with E-state index in [0.29, 0.717) is 18.9 Å². The third kappa shape index (κ3) is 2.57. The standard InChI is InChI=1S/C14H22N4O2/c1-10(2)14-16-15-12-9-17(5-6-18(12)14)13(19)8-11-4-3-7-20-11/h10-11H,3-9H2,1-2H3. The highest BCUT2D eigenvalue weighted by molar-refractivity contribution is 5.76. The summed E-state index contributed by atoms with van der Waals surface area (Å²) in [5, 5.41) is 8.47. The average Bonchev–Trinajstić information content (AvgIpc) is 3.06. The summed E-state index contributed by atoms with van der Waals surface area (Å²) in [4.78, 5) is 14.2. The molecule has 1 atom stereocenters. The summed E-state index contributed by atoms with van der Waals surface area (Å²) in [6.07, 6.45) is 2.70. The van der Waals surface area contributed by atoms with Crippen molar-refractivity contribution in [2.75, 3.05) is 13.2 Å². The monoisotopic (exact) mass is 278 g/mol. The van der Waals surface area contributed by atoms with Gasteiger partial charge in [-0.25, -0.2) is 0 Å². The van der Waals surface area contributed by atoms with E-state index in [1.165, 1.54) is 0 Å². The van der Waals surface area contributed by atoms with Gasteiger partial charge in [0.05, 0.1) is 19.1 Å². The number of aromatic nitrogens is 3. The van der Waals surface area contributed by atoms with Crippen molar-refractivity contribution < 1.29 is 9.53 Å². The van der Waals surface area contributed by atoms with Gasteiger partial charge in [0.15, 0.2) is 5.82 Å². The van der Waals surface area contributed by atoms with Crippen molar-refractivity contribution in [2.24, 2.45) is 0 Å². The van der Waals surface area contributed by atoms with Gasteiger partial charge in [-0.05, 0) is 12.8 Å². The van der Waals surface area contributed by atoms with Crippen molar-refractivity contribution in [2.45, 2.75) is 58.2 Å². The Morgan fingerprint density at radius 1 is 1.40 bits per heavy atom. The lowest BCUT2D eigenvalue weighted by Gasteiger charge is -2.29. The molecule has 110 valence electrons. The van der Waals surface area contributed by atoms with E-state index in [0.717, 1.165) is 44.2 Å². The summed E-state index contributed by atoms with van der Waals surface area (Å²) in [7, 11) is 0. The predicted octanol–water partition coefficient (Wildman–Crippen LogP) is 1.31. The van der Waals surface area contributed by atoms with Crippen molar-refractivity contribution in [1.29, 1.82) is 0 Å². The van der Waals surface area contributed by atoms with Gasteiger partial charge in [0, 0.05) is 25.6 Å². The third-order valence-corrected chi connectivity index (χ3v) is 4.08. The molecule has 0 radical (unpaired) electrons. The number of amides is 1. The Morgan fingerprint density at radius 2 is 2.25 bits per heavy atom. The van der Waals surface area contributed by atoms with Crippen molar-refractivity contribution in [3.63, 3.8) is 0 Å². The van der Waals surface area contributed by atoms with Crippen LogP contribution in [0.25, 0.3) is 0 Å². The maximum atomic E-state index is 12.3. The Kier molecular flexibility index (Phi) is 3.74. The van der Waals surface area contributed by atoms with Gasteiger partial charge in [-0.3, -0.25) is 4.79 Å². The maximum Gasteiger partial charge on any atom is 0.225 e. The number of carbonyl (C=O) groups is 1. The number of fused-ring (bicyclic) bond motifs is 1. The van der Waals surface area contributed by atoms with Gasteiger partial charge in [0.1, 0.15) is 5.82 Å². The van der Waals surface area contributed by atoms with Gasteiger partial charge in [-0.15, -0.1) is 10.2 Å². The van der Waals surface area contributed by atoms with E-state index in [1.54, 1.807) is 0 Å². The van der Waals surface area contributed by atoms with Crippen LogP contribution in [0.4, 0.5) is 0 Å². The second-order valence-corrected chi connectivity index (χ2v) is 5.94. The number of hydrogen-bond donors (Lipinski definition) is 0. The smallest absolute Gasteiger partial charge is 0.225 e. The molecule has 0 aliphatic carbocycles. The summed E-state index contributed by atoms with van der Waals surface area (Å²) in [6, 6.07) is 0. The topological polar surface area (TPSA) is 60.2 Å². The van der Waals surface area contributed by atoms with Gasteiger partial charge in [-0.2, -0.15) is 0 Å². The average molecular weight is 278 g/mol. The number of hydrogen-bond acceptors (Lipinski definition) is 4. The van der Waals surface area contributed by atoms with E-state index in [9.17, 15) is 4.79 Å². The maximum absolute atomic E-state index is 12.3. The molecule has 1 unspecified atom stereocenters. The van der Waals surface area contributed by atoms with Crippen LogP contribution in [0.15, 0.2) is 0 Å². The summed E-state index contributed by atoms with van der Waals surface area (Å²) >= 11 is 0. The molecule has 1 amide bonds. The van der Waals surface area contributed by atoms with Crippen LogP contribution >= 0.6 is 0 Å². The number of rotatable bonds is 3. The predicted molar refractivity (Wildman–Crippen MR) is 73.1 cm³/mol. The molecule has 1 saturated heterocycles. The minimum Gasteiger partial charge on any atom is -0.378 e. The molecule has 1 fully saturated rings. The van der Waals surface area contributed by atoms with E-state index >= 15 is 0 Å². The van der Waals surface area contributed by atoms with Crippen LogP contribution in [0.3, 0.4) is 0 Å². The van der Waals surface area contributed by atoms with E-state index in [1.807, 2.05) is 4.90 Å². The largest absolute Gasteiger partial charge is 0.378 e. The SMILES string of the molecule is CC(C)c1nnc2n1CCN(C(=O)CC1CCCO1)C2. The second-order valence-electron chi connectivity index (χ2n) is 5.94. The van der Waals surface area contributed by atoms with Crippen molar-refractivity contribution in [3.8, 4) is 0 Å². The van der Waals surface area contributed by atoms with Crippen LogP contribution in [-0.4, -0.2) is 44.8 Å². The molecule has 6 heteroatoms. The van der Waals surface area contributed by atoms with Crippen molar-refractivity contribution in [1.82, 2.24) is 19.7 Å². The molecular weight excluding hydrogens is 256 g/mol. The molecular formula is C14H22N4O2. The van der Waals surface area contributed by atoms with Gasteiger partial charge >= 0.3 is 0 Å². The van der Waals surface area contributed by atoms with Crippen LogP contribution in [-0.2, 0) is 22.6 Å². The van der Waals surface area contributed by atoms with E-state index < -0.39 is 0 Å². The zero-order valence-corrected chi connectivity index (χ0v) is 12.2. The minimum atomic E-state index is 0.119. The molecule has 0 saturated carbocycles. The first-order chi connectivity index (χ1) is 9.65. The molecule has 1 aromatic rings. The first-order valence-electron chi connectivity index (χ1n) is 7.46. The fourth-order valence-corrected chi connectivity index (χ4v) is 2.95. The van der Waals surface area contributed by atoms with Gasteiger partial charge < -0.3 is 14.2 Å². The van der Waals surface area contributed by atoms with Crippen LogP contribution in [0.2, 0.25) is 0 Å². The second kappa shape index (κ2) is 5.52. The lowest BCUT2D eigenvalue weighted by Crippen LogP contribution is -2.40. The molecule has 3 rings (SSSR count). The fourth-order valence-electron chi connectivity index (χ4n) is 2.95. The van der Waals surface area contributed by atoms with E-state index in [4.69, 9.17) is 4.74 Å².